The van der Waals surface area contributed by atoms with Gasteiger partial charge in [-0.2, -0.15) is 0 Å². The molecule has 4 nitrogen and oxygen atoms in total. The fraction of sp³-hybridized carbons (Fsp3) is 0.846. The van der Waals surface area contributed by atoms with Gasteiger partial charge in [-0.05, 0) is 18.8 Å². The van der Waals surface area contributed by atoms with Crippen LogP contribution in [0.1, 0.15) is 51.9 Å². The Bertz CT molecular complexity index is 256. The molecular weight excluding hydrogens is 220 g/mol. The monoisotopic (exact) mass is 242 g/mol. The molecule has 1 fully saturated rings. The van der Waals surface area contributed by atoms with Crippen LogP contribution in [-0.2, 0) is 19.1 Å². The number of rotatable bonds is 5. The molecule has 0 bridgehead atoms. The van der Waals surface area contributed by atoms with E-state index in [1.165, 1.54) is 46.1 Å². The SMILES string of the molecule is COC(=O)C(CCC1CCCCC1)OC(C)=O. The van der Waals surface area contributed by atoms with Crippen molar-refractivity contribution in [2.24, 2.45) is 5.92 Å². The summed E-state index contributed by atoms with van der Waals surface area (Å²) >= 11 is 0. The first kappa shape index (κ1) is 14.0. The van der Waals surface area contributed by atoms with Gasteiger partial charge in [0.1, 0.15) is 0 Å². The predicted octanol–water partition coefficient (Wildman–Crippen LogP) is 2.45. The van der Waals surface area contributed by atoms with Crippen molar-refractivity contribution in [2.45, 2.75) is 58.0 Å². The highest BCUT2D eigenvalue weighted by atomic mass is 16.6. The Hall–Kier alpha value is -1.06. The Morgan fingerprint density at radius 3 is 2.41 bits per heavy atom. The van der Waals surface area contributed by atoms with Crippen LogP contribution in [0.15, 0.2) is 0 Å². The van der Waals surface area contributed by atoms with Crippen molar-refractivity contribution in [3.63, 3.8) is 0 Å². The lowest BCUT2D eigenvalue weighted by Gasteiger charge is -2.23. The van der Waals surface area contributed by atoms with Gasteiger partial charge in [0.25, 0.3) is 0 Å². The molecule has 0 spiro atoms. The summed E-state index contributed by atoms with van der Waals surface area (Å²) in [6, 6.07) is 0. The number of carbonyl (C=O) groups is 2. The highest BCUT2D eigenvalue weighted by Crippen LogP contribution is 2.28. The zero-order chi connectivity index (χ0) is 12.7. The minimum atomic E-state index is -0.723. The maximum absolute atomic E-state index is 11.4. The molecule has 1 aliphatic carbocycles. The van der Waals surface area contributed by atoms with Crippen LogP contribution in [0.4, 0.5) is 0 Å². The van der Waals surface area contributed by atoms with Gasteiger partial charge in [-0.15, -0.1) is 0 Å². The van der Waals surface area contributed by atoms with Crippen LogP contribution >= 0.6 is 0 Å². The normalized spacial score (nSPS) is 18.5. The van der Waals surface area contributed by atoms with E-state index in [-0.39, 0.29) is 0 Å². The van der Waals surface area contributed by atoms with E-state index >= 15 is 0 Å². The van der Waals surface area contributed by atoms with Gasteiger partial charge in [0.2, 0.25) is 0 Å². The van der Waals surface area contributed by atoms with Gasteiger partial charge in [0.05, 0.1) is 7.11 Å². The molecule has 0 amide bonds. The van der Waals surface area contributed by atoms with E-state index in [9.17, 15) is 9.59 Å². The number of methoxy groups -OCH3 is 1. The maximum Gasteiger partial charge on any atom is 0.347 e. The van der Waals surface area contributed by atoms with Gasteiger partial charge in [-0.25, -0.2) is 4.79 Å². The largest absolute Gasteiger partial charge is 0.466 e. The number of esters is 2. The van der Waals surface area contributed by atoms with Gasteiger partial charge < -0.3 is 9.47 Å². The first-order chi connectivity index (χ1) is 8.13. The molecule has 0 saturated heterocycles. The smallest absolute Gasteiger partial charge is 0.347 e. The molecule has 1 saturated carbocycles. The molecule has 1 rings (SSSR count). The molecule has 0 aromatic heterocycles. The Balaban J connectivity index is 2.36. The van der Waals surface area contributed by atoms with E-state index in [0.717, 1.165) is 6.42 Å². The summed E-state index contributed by atoms with van der Waals surface area (Å²) in [6.45, 7) is 1.32. The topological polar surface area (TPSA) is 52.6 Å². The summed E-state index contributed by atoms with van der Waals surface area (Å²) in [7, 11) is 1.32. The Kier molecular flexibility index (Phi) is 6.01. The van der Waals surface area contributed by atoms with Crippen molar-refractivity contribution in [2.75, 3.05) is 7.11 Å². The second kappa shape index (κ2) is 7.30. The first-order valence-electron chi connectivity index (χ1n) is 6.38. The molecular formula is C13H22O4. The predicted molar refractivity (Wildman–Crippen MR) is 63.4 cm³/mol. The number of ether oxygens (including phenoxy) is 2. The standard InChI is InChI=1S/C13H22O4/c1-10(14)17-12(13(15)16-2)9-8-11-6-4-3-5-7-11/h11-12H,3-9H2,1-2H3. The summed E-state index contributed by atoms with van der Waals surface area (Å²) in [5.74, 6) is -0.202. The van der Waals surface area contributed by atoms with Crippen molar-refractivity contribution in [1.29, 1.82) is 0 Å². The minimum Gasteiger partial charge on any atom is -0.466 e. The van der Waals surface area contributed by atoms with Gasteiger partial charge in [0.15, 0.2) is 6.10 Å². The van der Waals surface area contributed by atoms with Crippen LogP contribution in [0.5, 0.6) is 0 Å². The zero-order valence-corrected chi connectivity index (χ0v) is 10.7. The third kappa shape index (κ3) is 5.20. The van der Waals surface area contributed by atoms with Gasteiger partial charge >= 0.3 is 11.9 Å². The van der Waals surface area contributed by atoms with Crippen molar-refractivity contribution < 1.29 is 19.1 Å². The van der Waals surface area contributed by atoms with Crippen LogP contribution in [0.25, 0.3) is 0 Å². The highest BCUT2D eigenvalue weighted by Gasteiger charge is 2.24. The molecule has 0 N–H and O–H groups in total. The lowest BCUT2D eigenvalue weighted by molar-refractivity contribution is -0.165. The molecule has 1 atom stereocenters. The lowest BCUT2D eigenvalue weighted by atomic mass is 9.85. The fourth-order valence-electron chi connectivity index (χ4n) is 2.42. The average Bonchev–Trinajstić information content (AvgIpc) is 2.34. The minimum absolute atomic E-state index is 0.427. The van der Waals surface area contributed by atoms with Crippen LogP contribution in [0, 0.1) is 5.92 Å². The molecule has 1 aliphatic rings. The molecule has 0 aromatic rings. The molecule has 17 heavy (non-hydrogen) atoms. The van der Waals surface area contributed by atoms with E-state index in [0.29, 0.717) is 12.3 Å². The third-order valence-corrected chi connectivity index (χ3v) is 3.33. The average molecular weight is 242 g/mol. The zero-order valence-electron chi connectivity index (χ0n) is 10.7. The van der Waals surface area contributed by atoms with Crippen LogP contribution < -0.4 is 0 Å². The molecule has 1 unspecified atom stereocenters. The second-order valence-corrected chi connectivity index (χ2v) is 4.70. The summed E-state index contributed by atoms with van der Waals surface area (Å²) in [6.07, 6.45) is 7.13. The van der Waals surface area contributed by atoms with E-state index in [1.807, 2.05) is 0 Å². The van der Waals surface area contributed by atoms with E-state index < -0.39 is 18.0 Å². The lowest BCUT2D eigenvalue weighted by Crippen LogP contribution is -2.28. The number of hydrogen-bond donors (Lipinski definition) is 0. The van der Waals surface area contributed by atoms with Crippen LogP contribution in [-0.4, -0.2) is 25.2 Å². The van der Waals surface area contributed by atoms with Crippen molar-refractivity contribution in [3.8, 4) is 0 Å². The molecule has 4 heteroatoms. The van der Waals surface area contributed by atoms with E-state index in [4.69, 9.17) is 4.74 Å². The number of carbonyl (C=O) groups excluding carboxylic acids is 2. The van der Waals surface area contributed by atoms with Crippen molar-refractivity contribution in [1.82, 2.24) is 0 Å². The summed E-state index contributed by atoms with van der Waals surface area (Å²) in [5, 5.41) is 0. The molecule has 0 aliphatic heterocycles. The van der Waals surface area contributed by atoms with Crippen molar-refractivity contribution >= 4 is 11.9 Å². The third-order valence-electron chi connectivity index (χ3n) is 3.33. The molecule has 0 radical (unpaired) electrons. The quantitative estimate of drug-likeness (QED) is 0.695. The summed E-state index contributed by atoms with van der Waals surface area (Å²) in [4.78, 5) is 22.3. The summed E-state index contributed by atoms with van der Waals surface area (Å²) < 4.78 is 9.62. The first-order valence-corrected chi connectivity index (χ1v) is 6.38. The Labute approximate surface area is 103 Å². The molecule has 98 valence electrons. The van der Waals surface area contributed by atoms with Crippen LogP contribution in [0.3, 0.4) is 0 Å². The van der Waals surface area contributed by atoms with E-state index in [1.54, 1.807) is 0 Å². The van der Waals surface area contributed by atoms with Crippen LogP contribution in [0.2, 0.25) is 0 Å². The molecule has 0 heterocycles. The maximum atomic E-state index is 11.4. The Morgan fingerprint density at radius 1 is 1.24 bits per heavy atom. The fourth-order valence-corrected chi connectivity index (χ4v) is 2.42. The number of hydrogen-bond acceptors (Lipinski definition) is 4. The van der Waals surface area contributed by atoms with Gasteiger partial charge in [0, 0.05) is 6.92 Å². The van der Waals surface area contributed by atoms with Gasteiger partial charge in [-0.3, -0.25) is 4.79 Å². The highest BCUT2D eigenvalue weighted by molar-refractivity contribution is 5.78. The second-order valence-electron chi connectivity index (χ2n) is 4.70. The van der Waals surface area contributed by atoms with Crippen molar-refractivity contribution in [3.05, 3.63) is 0 Å². The summed E-state index contributed by atoms with van der Waals surface area (Å²) in [5.41, 5.74) is 0. The van der Waals surface area contributed by atoms with Gasteiger partial charge in [-0.1, -0.05) is 32.1 Å². The van der Waals surface area contributed by atoms with E-state index in [2.05, 4.69) is 4.74 Å². The molecule has 0 aromatic carbocycles. The Morgan fingerprint density at radius 2 is 1.88 bits per heavy atom.